The maximum atomic E-state index is 11.6. The number of hydrogen-bond donors (Lipinski definition) is 2. The van der Waals surface area contributed by atoms with Crippen LogP contribution in [-0.4, -0.2) is 59.3 Å². The van der Waals surface area contributed by atoms with Gasteiger partial charge in [-0.15, -0.1) is 0 Å². The minimum absolute atomic E-state index is 0.112. The minimum atomic E-state index is -2.13. The third-order valence-electron chi connectivity index (χ3n) is 2.44. The third-order valence-corrected chi connectivity index (χ3v) is 2.44. The summed E-state index contributed by atoms with van der Waals surface area (Å²) in [5, 5.41) is 18.9. The Morgan fingerprint density at radius 2 is 1.60 bits per heavy atom. The molecule has 0 saturated heterocycles. The number of carbonyl (C=O) groups excluding carboxylic acids is 3. The number of likely N-dealkylation sites (N-methyl/N-ethyl adjacent to an activating group) is 1. The highest BCUT2D eigenvalue weighted by atomic mass is 16.6. The highest BCUT2D eigenvalue weighted by molar-refractivity contribution is 5.99. The van der Waals surface area contributed by atoms with Crippen LogP contribution >= 0.6 is 0 Å². The lowest BCUT2D eigenvalue weighted by molar-refractivity contribution is -0.161. The van der Waals surface area contributed by atoms with Crippen LogP contribution in [0.2, 0.25) is 0 Å². The second-order valence-electron chi connectivity index (χ2n) is 4.20. The Kier molecular flexibility index (Phi) is 5.36. The molecule has 2 N–H and O–H groups in total. The largest absolute Gasteiger partial charge is 0.387 e. The molecule has 7 nitrogen and oxygen atoms in total. The molecule has 0 heterocycles. The monoisotopic (exact) mass is 281 g/mol. The zero-order valence-electron chi connectivity index (χ0n) is 11.0. The molecule has 108 valence electrons. The van der Waals surface area contributed by atoms with Gasteiger partial charge in [0.05, 0.1) is 5.56 Å². The van der Waals surface area contributed by atoms with Gasteiger partial charge in [0.2, 0.25) is 0 Å². The van der Waals surface area contributed by atoms with Crippen LogP contribution in [0.15, 0.2) is 30.3 Å². The van der Waals surface area contributed by atoms with E-state index in [1.54, 1.807) is 18.2 Å². The standard InChI is InChI=1S/C13H15NO6/c1-14(2)11(17)9(15)10(16)13(19)20-12(18)8-6-4-3-5-7-8/h3-7,9-10,15-16H,1-2H3/t9-,10-/m1/s1. The molecule has 0 bridgehead atoms. The predicted octanol–water partition coefficient (Wildman–Crippen LogP) is -0.820. The number of ether oxygens (including phenoxy) is 1. The first-order chi connectivity index (χ1) is 9.34. The van der Waals surface area contributed by atoms with Crippen molar-refractivity contribution >= 4 is 17.8 Å². The van der Waals surface area contributed by atoms with Crippen molar-refractivity contribution in [3.8, 4) is 0 Å². The van der Waals surface area contributed by atoms with E-state index in [4.69, 9.17) is 0 Å². The van der Waals surface area contributed by atoms with Crippen LogP contribution in [0.1, 0.15) is 10.4 Å². The van der Waals surface area contributed by atoms with Gasteiger partial charge in [-0.3, -0.25) is 4.79 Å². The Hall–Kier alpha value is -2.25. The van der Waals surface area contributed by atoms with E-state index in [0.717, 1.165) is 4.90 Å². The van der Waals surface area contributed by atoms with Gasteiger partial charge in [-0.2, -0.15) is 0 Å². The van der Waals surface area contributed by atoms with E-state index in [-0.39, 0.29) is 5.56 Å². The Balaban J connectivity index is 2.67. The molecular weight excluding hydrogens is 266 g/mol. The first-order valence-electron chi connectivity index (χ1n) is 5.73. The van der Waals surface area contributed by atoms with E-state index in [1.165, 1.54) is 26.2 Å². The molecule has 1 rings (SSSR count). The summed E-state index contributed by atoms with van der Waals surface area (Å²) >= 11 is 0. The second-order valence-corrected chi connectivity index (χ2v) is 4.20. The molecule has 0 radical (unpaired) electrons. The zero-order chi connectivity index (χ0) is 15.3. The molecule has 0 spiro atoms. The highest BCUT2D eigenvalue weighted by Gasteiger charge is 2.33. The van der Waals surface area contributed by atoms with Gasteiger partial charge in [0.1, 0.15) is 0 Å². The summed E-state index contributed by atoms with van der Waals surface area (Å²) in [5.41, 5.74) is 0.112. The van der Waals surface area contributed by atoms with Gasteiger partial charge in [-0.1, -0.05) is 18.2 Å². The van der Waals surface area contributed by atoms with Crippen LogP contribution in [-0.2, 0) is 14.3 Å². The molecule has 1 aromatic rings. The molecule has 0 aliphatic heterocycles. The number of aliphatic hydroxyl groups is 2. The molecular formula is C13H15NO6. The maximum absolute atomic E-state index is 11.6. The molecule has 7 heteroatoms. The van der Waals surface area contributed by atoms with Gasteiger partial charge in [-0.05, 0) is 12.1 Å². The maximum Gasteiger partial charge on any atom is 0.346 e. The number of rotatable bonds is 4. The molecule has 1 aromatic carbocycles. The van der Waals surface area contributed by atoms with Crippen molar-refractivity contribution in [1.29, 1.82) is 0 Å². The van der Waals surface area contributed by atoms with E-state index >= 15 is 0 Å². The van der Waals surface area contributed by atoms with E-state index in [1.807, 2.05) is 0 Å². The Bertz CT molecular complexity index is 499. The number of amides is 1. The van der Waals surface area contributed by atoms with Crippen molar-refractivity contribution in [2.75, 3.05) is 14.1 Å². The summed E-state index contributed by atoms with van der Waals surface area (Å²) in [4.78, 5) is 35.4. The van der Waals surface area contributed by atoms with Gasteiger partial charge in [0.15, 0.2) is 12.2 Å². The van der Waals surface area contributed by atoms with E-state index < -0.39 is 30.1 Å². The summed E-state index contributed by atoms with van der Waals surface area (Å²) in [6.07, 6.45) is -4.11. The average molecular weight is 281 g/mol. The Morgan fingerprint density at radius 1 is 1.05 bits per heavy atom. The van der Waals surface area contributed by atoms with E-state index in [0.29, 0.717) is 0 Å². The van der Waals surface area contributed by atoms with Crippen molar-refractivity contribution in [1.82, 2.24) is 4.90 Å². The molecule has 2 atom stereocenters. The lowest BCUT2D eigenvalue weighted by atomic mass is 10.2. The topological polar surface area (TPSA) is 104 Å². The van der Waals surface area contributed by atoms with Crippen molar-refractivity contribution in [3.05, 3.63) is 35.9 Å². The number of benzene rings is 1. The Morgan fingerprint density at radius 3 is 2.10 bits per heavy atom. The summed E-state index contributed by atoms with van der Waals surface area (Å²) in [5.74, 6) is -3.23. The van der Waals surface area contributed by atoms with E-state index in [9.17, 15) is 24.6 Å². The van der Waals surface area contributed by atoms with E-state index in [2.05, 4.69) is 4.74 Å². The summed E-state index contributed by atoms with van der Waals surface area (Å²) in [7, 11) is 2.69. The minimum Gasteiger partial charge on any atom is -0.387 e. The first kappa shape index (κ1) is 15.8. The highest BCUT2D eigenvalue weighted by Crippen LogP contribution is 2.05. The number of esters is 2. The lowest BCUT2D eigenvalue weighted by Gasteiger charge is -2.19. The molecule has 1 amide bonds. The lowest BCUT2D eigenvalue weighted by Crippen LogP contribution is -2.46. The quantitative estimate of drug-likeness (QED) is 0.552. The molecule has 20 heavy (non-hydrogen) atoms. The third kappa shape index (κ3) is 3.87. The smallest absolute Gasteiger partial charge is 0.346 e. The van der Waals surface area contributed by atoms with Crippen molar-refractivity contribution in [3.63, 3.8) is 0 Å². The van der Waals surface area contributed by atoms with Crippen LogP contribution in [0.4, 0.5) is 0 Å². The van der Waals surface area contributed by atoms with Crippen LogP contribution in [0, 0.1) is 0 Å². The van der Waals surface area contributed by atoms with Crippen molar-refractivity contribution in [2.45, 2.75) is 12.2 Å². The number of hydrogen-bond acceptors (Lipinski definition) is 6. The predicted molar refractivity (Wildman–Crippen MR) is 67.6 cm³/mol. The number of aliphatic hydroxyl groups excluding tert-OH is 2. The van der Waals surface area contributed by atoms with Gasteiger partial charge < -0.3 is 19.8 Å². The second kappa shape index (κ2) is 6.78. The van der Waals surface area contributed by atoms with Gasteiger partial charge in [0.25, 0.3) is 5.91 Å². The van der Waals surface area contributed by atoms with Gasteiger partial charge >= 0.3 is 11.9 Å². The van der Waals surface area contributed by atoms with Gasteiger partial charge in [-0.25, -0.2) is 9.59 Å². The van der Waals surface area contributed by atoms with Crippen LogP contribution in [0.3, 0.4) is 0 Å². The van der Waals surface area contributed by atoms with Crippen LogP contribution < -0.4 is 0 Å². The fourth-order valence-electron chi connectivity index (χ4n) is 1.31. The van der Waals surface area contributed by atoms with Crippen molar-refractivity contribution < 1.29 is 29.3 Å². The van der Waals surface area contributed by atoms with Crippen LogP contribution in [0.25, 0.3) is 0 Å². The summed E-state index contributed by atoms with van der Waals surface area (Å²) in [6.45, 7) is 0. The first-order valence-corrected chi connectivity index (χ1v) is 5.73. The molecule has 0 unspecified atom stereocenters. The SMILES string of the molecule is CN(C)C(=O)[C@H](O)[C@@H](O)C(=O)OC(=O)c1ccccc1. The molecule has 0 aromatic heterocycles. The normalized spacial score (nSPS) is 13.2. The molecule has 0 saturated carbocycles. The average Bonchev–Trinajstić information content (AvgIpc) is 2.45. The Labute approximate surface area is 115 Å². The fraction of sp³-hybridized carbons (Fsp3) is 0.308. The summed E-state index contributed by atoms with van der Waals surface area (Å²) in [6, 6.07) is 7.66. The summed E-state index contributed by atoms with van der Waals surface area (Å²) < 4.78 is 4.39. The fourth-order valence-corrected chi connectivity index (χ4v) is 1.31. The number of nitrogens with zero attached hydrogens (tertiary/aromatic N) is 1. The van der Waals surface area contributed by atoms with Crippen molar-refractivity contribution in [2.24, 2.45) is 0 Å². The number of carbonyl (C=O) groups is 3. The molecule has 0 aliphatic rings. The molecule has 0 fully saturated rings. The van der Waals surface area contributed by atoms with Crippen LogP contribution in [0.5, 0.6) is 0 Å². The molecule has 0 aliphatic carbocycles. The zero-order valence-corrected chi connectivity index (χ0v) is 11.0. The van der Waals surface area contributed by atoms with Gasteiger partial charge in [0, 0.05) is 14.1 Å².